The van der Waals surface area contributed by atoms with E-state index in [2.05, 4.69) is 25.0 Å². The minimum atomic E-state index is -0.863. The van der Waals surface area contributed by atoms with Gasteiger partial charge in [-0.25, -0.2) is 28.7 Å². The number of ether oxygens (including phenoxy) is 1. The first-order chi connectivity index (χ1) is 16.4. The number of aryl methyl sites for hydroxylation is 3. The molecule has 0 bridgehead atoms. The van der Waals surface area contributed by atoms with Gasteiger partial charge in [0.25, 0.3) is 0 Å². The summed E-state index contributed by atoms with van der Waals surface area (Å²) in [5, 5.41) is 4.22. The molecule has 0 aliphatic carbocycles. The van der Waals surface area contributed by atoms with E-state index in [0.717, 1.165) is 17.2 Å². The Kier molecular flexibility index (Phi) is 5.24. The predicted octanol–water partition coefficient (Wildman–Crippen LogP) is 5.06. The first kappa shape index (κ1) is 21.6. The standard InChI is InChI=1S/C25H20F2N6O/c1-13-14(2)30-25-22(29-13)21(18-8-9-19(26)23(34-4)20(18)27)31-24(32-25)16-7-5-6-15(10-16)17-11-28-33(3)12-17/h5-12H,1-4H3. The van der Waals surface area contributed by atoms with Crippen LogP contribution in [-0.4, -0.2) is 36.8 Å². The zero-order valence-corrected chi connectivity index (χ0v) is 19.0. The van der Waals surface area contributed by atoms with Gasteiger partial charge in [0, 0.05) is 29.9 Å². The molecule has 0 amide bonds. The van der Waals surface area contributed by atoms with Gasteiger partial charge in [-0.05, 0) is 37.6 Å². The zero-order chi connectivity index (χ0) is 24.0. The Morgan fingerprint density at radius 2 is 1.65 bits per heavy atom. The number of hydrogen-bond donors (Lipinski definition) is 0. The van der Waals surface area contributed by atoms with Gasteiger partial charge in [-0.1, -0.05) is 18.2 Å². The molecule has 34 heavy (non-hydrogen) atoms. The molecule has 0 aliphatic rings. The summed E-state index contributed by atoms with van der Waals surface area (Å²) in [7, 11) is 3.06. The van der Waals surface area contributed by atoms with Crippen molar-refractivity contribution in [1.82, 2.24) is 29.7 Å². The van der Waals surface area contributed by atoms with Crippen molar-refractivity contribution in [2.75, 3.05) is 7.11 Å². The Morgan fingerprint density at radius 3 is 2.38 bits per heavy atom. The Labute approximate surface area is 194 Å². The fourth-order valence-electron chi connectivity index (χ4n) is 3.74. The molecule has 0 saturated heterocycles. The second-order valence-electron chi connectivity index (χ2n) is 7.89. The van der Waals surface area contributed by atoms with Crippen LogP contribution in [0.25, 0.3) is 44.9 Å². The van der Waals surface area contributed by atoms with E-state index in [0.29, 0.717) is 33.9 Å². The maximum Gasteiger partial charge on any atom is 0.191 e. The van der Waals surface area contributed by atoms with Gasteiger partial charge in [0.15, 0.2) is 28.9 Å². The summed E-state index contributed by atoms with van der Waals surface area (Å²) in [5.41, 5.74) is 4.83. The van der Waals surface area contributed by atoms with E-state index >= 15 is 4.39 Å². The molecule has 0 aliphatic heterocycles. The third-order valence-corrected chi connectivity index (χ3v) is 5.61. The molecule has 170 valence electrons. The molecule has 0 unspecified atom stereocenters. The SMILES string of the molecule is COc1c(F)ccc(-c2nc(-c3cccc(-c4cnn(C)c4)c3)nc3nc(C)c(C)nc23)c1F. The summed E-state index contributed by atoms with van der Waals surface area (Å²) >= 11 is 0. The summed E-state index contributed by atoms with van der Waals surface area (Å²) in [6, 6.07) is 10.1. The van der Waals surface area contributed by atoms with Crippen molar-refractivity contribution in [1.29, 1.82) is 0 Å². The van der Waals surface area contributed by atoms with Crippen molar-refractivity contribution in [3.63, 3.8) is 0 Å². The number of hydrogen-bond acceptors (Lipinski definition) is 6. The quantitative estimate of drug-likeness (QED) is 0.375. The molecule has 3 heterocycles. The van der Waals surface area contributed by atoms with Gasteiger partial charge in [-0.2, -0.15) is 5.10 Å². The van der Waals surface area contributed by atoms with Crippen LogP contribution in [0.4, 0.5) is 8.78 Å². The lowest BCUT2D eigenvalue weighted by Crippen LogP contribution is -2.04. The number of methoxy groups -OCH3 is 1. The average molecular weight is 458 g/mol. The molecule has 0 N–H and O–H groups in total. The van der Waals surface area contributed by atoms with Crippen LogP contribution in [0.2, 0.25) is 0 Å². The van der Waals surface area contributed by atoms with Gasteiger partial charge in [0.1, 0.15) is 11.2 Å². The largest absolute Gasteiger partial charge is 0.491 e. The summed E-state index contributed by atoms with van der Waals surface area (Å²) in [4.78, 5) is 18.4. The van der Waals surface area contributed by atoms with E-state index in [9.17, 15) is 4.39 Å². The highest BCUT2D eigenvalue weighted by atomic mass is 19.1. The third kappa shape index (κ3) is 3.64. The lowest BCUT2D eigenvalue weighted by molar-refractivity contribution is 0.360. The van der Waals surface area contributed by atoms with Crippen molar-refractivity contribution >= 4 is 11.2 Å². The maximum atomic E-state index is 15.3. The molecule has 3 aromatic heterocycles. The summed E-state index contributed by atoms with van der Waals surface area (Å²) in [6.45, 7) is 3.63. The van der Waals surface area contributed by atoms with Gasteiger partial charge < -0.3 is 4.74 Å². The highest BCUT2D eigenvalue weighted by Gasteiger charge is 2.22. The Balaban J connectivity index is 1.77. The fourth-order valence-corrected chi connectivity index (χ4v) is 3.74. The number of nitrogens with zero attached hydrogens (tertiary/aromatic N) is 6. The maximum absolute atomic E-state index is 15.3. The van der Waals surface area contributed by atoms with E-state index < -0.39 is 17.4 Å². The molecule has 5 rings (SSSR count). The highest BCUT2D eigenvalue weighted by molar-refractivity contribution is 5.89. The van der Waals surface area contributed by atoms with Crippen LogP contribution in [0, 0.1) is 25.5 Å². The predicted molar refractivity (Wildman–Crippen MR) is 124 cm³/mol. The normalized spacial score (nSPS) is 11.2. The smallest absolute Gasteiger partial charge is 0.191 e. The van der Waals surface area contributed by atoms with Gasteiger partial charge in [0.2, 0.25) is 0 Å². The van der Waals surface area contributed by atoms with Crippen molar-refractivity contribution in [3.8, 4) is 39.5 Å². The summed E-state index contributed by atoms with van der Waals surface area (Å²) in [6.07, 6.45) is 3.67. The van der Waals surface area contributed by atoms with E-state index in [1.807, 2.05) is 44.4 Å². The number of halogens is 2. The first-order valence-corrected chi connectivity index (χ1v) is 10.5. The second-order valence-corrected chi connectivity index (χ2v) is 7.89. The fraction of sp³-hybridized carbons (Fsp3) is 0.160. The summed E-state index contributed by atoms with van der Waals surface area (Å²) < 4.78 is 36.0. The van der Waals surface area contributed by atoms with Crippen molar-refractivity contribution in [2.45, 2.75) is 13.8 Å². The summed E-state index contributed by atoms with van der Waals surface area (Å²) in [5.74, 6) is -1.81. The minimum absolute atomic E-state index is 0.0490. The van der Waals surface area contributed by atoms with Gasteiger partial charge >= 0.3 is 0 Å². The number of aromatic nitrogens is 6. The van der Waals surface area contributed by atoms with Crippen LogP contribution in [0.5, 0.6) is 5.75 Å². The molecule has 5 aromatic rings. The number of benzene rings is 2. The number of fused-ring (bicyclic) bond motifs is 1. The lowest BCUT2D eigenvalue weighted by Gasteiger charge is -2.12. The first-order valence-electron chi connectivity index (χ1n) is 10.5. The molecule has 9 heteroatoms. The van der Waals surface area contributed by atoms with Crippen LogP contribution < -0.4 is 4.74 Å². The lowest BCUT2D eigenvalue weighted by atomic mass is 10.0. The van der Waals surface area contributed by atoms with Crippen molar-refractivity contribution in [2.24, 2.45) is 7.05 Å². The van der Waals surface area contributed by atoms with E-state index in [1.165, 1.54) is 13.2 Å². The van der Waals surface area contributed by atoms with Gasteiger partial charge in [-0.15, -0.1) is 0 Å². The highest BCUT2D eigenvalue weighted by Crippen LogP contribution is 2.35. The van der Waals surface area contributed by atoms with Crippen LogP contribution >= 0.6 is 0 Å². The van der Waals surface area contributed by atoms with Crippen LogP contribution in [0.3, 0.4) is 0 Å². The Hall–Kier alpha value is -4.27. The van der Waals surface area contributed by atoms with Crippen molar-refractivity contribution < 1.29 is 13.5 Å². The molecule has 0 radical (unpaired) electrons. The monoisotopic (exact) mass is 458 g/mol. The second kappa shape index (κ2) is 8.26. The van der Waals surface area contributed by atoms with Crippen molar-refractivity contribution in [3.05, 3.63) is 71.8 Å². The number of rotatable bonds is 4. The zero-order valence-electron chi connectivity index (χ0n) is 19.0. The molecule has 2 aromatic carbocycles. The van der Waals surface area contributed by atoms with Crippen LogP contribution in [0.1, 0.15) is 11.4 Å². The van der Waals surface area contributed by atoms with Gasteiger partial charge in [0.05, 0.1) is 24.7 Å². The molecule has 0 fully saturated rings. The molecule has 0 atom stereocenters. The Bertz CT molecular complexity index is 1560. The molecule has 0 spiro atoms. The van der Waals surface area contributed by atoms with Gasteiger partial charge in [-0.3, -0.25) is 4.68 Å². The molecular weight excluding hydrogens is 438 g/mol. The molecule has 7 nitrogen and oxygen atoms in total. The molecular formula is C25H20F2N6O. The molecule has 0 saturated carbocycles. The average Bonchev–Trinajstić information content (AvgIpc) is 3.26. The van der Waals surface area contributed by atoms with E-state index in [4.69, 9.17) is 4.74 Å². The third-order valence-electron chi connectivity index (χ3n) is 5.61. The van der Waals surface area contributed by atoms with E-state index in [-0.39, 0.29) is 11.3 Å². The van der Waals surface area contributed by atoms with Crippen LogP contribution in [0.15, 0.2) is 48.8 Å². The Morgan fingerprint density at radius 1 is 0.882 bits per heavy atom. The van der Waals surface area contributed by atoms with Crippen LogP contribution in [-0.2, 0) is 7.05 Å². The minimum Gasteiger partial charge on any atom is -0.491 e. The topological polar surface area (TPSA) is 78.6 Å². The van der Waals surface area contributed by atoms with E-state index in [1.54, 1.807) is 17.8 Å².